The molecule has 2 heterocycles. The van der Waals surface area contributed by atoms with E-state index in [0.717, 1.165) is 24.9 Å². The molecule has 1 aliphatic carbocycles. The molecule has 0 bridgehead atoms. The van der Waals surface area contributed by atoms with E-state index in [9.17, 15) is 9.59 Å². The van der Waals surface area contributed by atoms with Gasteiger partial charge in [-0.15, -0.1) is 0 Å². The molecule has 23 heavy (non-hydrogen) atoms. The first-order chi connectivity index (χ1) is 11.1. The van der Waals surface area contributed by atoms with Gasteiger partial charge in [-0.1, -0.05) is 12.8 Å². The van der Waals surface area contributed by atoms with Crippen molar-refractivity contribution in [2.75, 3.05) is 20.1 Å². The maximum Gasteiger partial charge on any atom is 0.226 e. The third kappa shape index (κ3) is 3.89. The predicted octanol–water partition coefficient (Wildman–Crippen LogP) is 1.87. The molecule has 1 saturated heterocycles. The van der Waals surface area contributed by atoms with E-state index in [1.54, 1.807) is 17.3 Å². The fourth-order valence-corrected chi connectivity index (χ4v) is 3.80. The molecule has 0 radical (unpaired) electrons. The highest BCUT2D eigenvalue weighted by Gasteiger charge is 2.36. The molecule has 5 heteroatoms. The Morgan fingerprint density at radius 1 is 1.30 bits per heavy atom. The summed E-state index contributed by atoms with van der Waals surface area (Å²) in [5.74, 6) is 0.648. The Morgan fingerprint density at radius 3 is 2.70 bits per heavy atom. The van der Waals surface area contributed by atoms with Gasteiger partial charge in [0.2, 0.25) is 11.8 Å². The van der Waals surface area contributed by atoms with Crippen LogP contribution in [0.5, 0.6) is 0 Å². The minimum absolute atomic E-state index is 0.1000. The summed E-state index contributed by atoms with van der Waals surface area (Å²) >= 11 is 0. The van der Waals surface area contributed by atoms with E-state index in [2.05, 4.69) is 9.88 Å². The molecule has 1 atom stereocenters. The standard InChI is InChI=1S/C18H25N3O2/c1-20(17(22)10-14-6-8-19-9-7-14)12-15-11-18(23)21(13-15)16-4-2-3-5-16/h6-9,15-16H,2-5,10-13H2,1H3/t15-/m1/s1. The fraction of sp³-hybridized carbons (Fsp3) is 0.611. The third-order valence-corrected chi connectivity index (χ3v) is 5.07. The molecular formula is C18H25N3O2. The summed E-state index contributed by atoms with van der Waals surface area (Å²) in [6, 6.07) is 4.18. The topological polar surface area (TPSA) is 53.5 Å². The van der Waals surface area contributed by atoms with E-state index in [0.29, 0.717) is 25.4 Å². The van der Waals surface area contributed by atoms with Crippen molar-refractivity contribution in [3.05, 3.63) is 30.1 Å². The fourth-order valence-electron chi connectivity index (χ4n) is 3.80. The van der Waals surface area contributed by atoms with Gasteiger partial charge in [-0.05, 0) is 30.5 Å². The first-order valence-corrected chi connectivity index (χ1v) is 8.56. The zero-order valence-corrected chi connectivity index (χ0v) is 13.8. The van der Waals surface area contributed by atoms with Gasteiger partial charge in [-0.25, -0.2) is 0 Å². The Hall–Kier alpha value is -1.91. The van der Waals surface area contributed by atoms with Crippen LogP contribution in [0, 0.1) is 5.92 Å². The minimum Gasteiger partial charge on any atom is -0.345 e. The number of aromatic nitrogens is 1. The number of carbonyl (C=O) groups excluding carboxylic acids is 2. The van der Waals surface area contributed by atoms with E-state index in [1.165, 1.54) is 12.8 Å². The number of amides is 2. The molecule has 0 aromatic carbocycles. The molecule has 3 rings (SSSR count). The van der Waals surface area contributed by atoms with Gasteiger partial charge >= 0.3 is 0 Å². The zero-order chi connectivity index (χ0) is 16.2. The van der Waals surface area contributed by atoms with Gasteiger partial charge < -0.3 is 9.80 Å². The number of likely N-dealkylation sites (tertiary alicyclic amines) is 1. The van der Waals surface area contributed by atoms with E-state index in [-0.39, 0.29) is 17.7 Å². The second-order valence-electron chi connectivity index (χ2n) is 6.86. The number of pyridine rings is 1. The van der Waals surface area contributed by atoms with Crippen LogP contribution >= 0.6 is 0 Å². The van der Waals surface area contributed by atoms with Crippen LogP contribution in [-0.4, -0.2) is 52.8 Å². The number of hydrogen-bond acceptors (Lipinski definition) is 3. The van der Waals surface area contributed by atoms with Gasteiger partial charge in [0, 0.05) is 50.9 Å². The molecule has 0 N–H and O–H groups in total. The lowest BCUT2D eigenvalue weighted by atomic mass is 10.1. The van der Waals surface area contributed by atoms with Crippen molar-refractivity contribution in [3.63, 3.8) is 0 Å². The summed E-state index contributed by atoms with van der Waals surface area (Å²) in [6.45, 7) is 1.48. The average molecular weight is 315 g/mol. The van der Waals surface area contributed by atoms with Crippen LogP contribution in [-0.2, 0) is 16.0 Å². The highest BCUT2D eigenvalue weighted by molar-refractivity contribution is 5.80. The Balaban J connectivity index is 1.51. The molecule has 124 valence electrons. The molecule has 0 unspecified atom stereocenters. The maximum absolute atomic E-state index is 12.3. The molecule has 1 aromatic rings. The Kier molecular flexibility index (Phi) is 4.94. The lowest BCUT2D eigenvalue weighted by Gasteiger charge is -2.25. The first kappa shape index (κ1) is 16.0. The van der Waals surface area contributed by atoms with E-state index in [1.807, 2.05) is 19.2 Å². The van der Waals surface area contributed by atoms with Gasteiger partial charge in [0.15, 0.2) is 0 Å². The molecule has 2 amide bonds. The van der Waals surface area contributed by atoms with E-state index >= 15 is 0 Å². The van der Waals surface area contributed by atoms with Gasteiger partial charge in [0.05, 0.1) is 6.42 Å². The minimum atomic E-state index is 0.1000. The van der Waals surface area contributed by atoms with Crippen LogP contribution in [0.4, 0.5) is 0 Å². The lowest BCUT2D eigenvalue weighted by Crippen LogP contribution is -2.36. The number of rotatable bonds is 5. The van der Waals surface area contributed by atoms with E-state index in [4.69, 9.17) is 0 Å². The number of likely N-dealkylation sites (N-methyl/N-ethyl adjacent to an activating group) is 1. The summed E-state index contributed by atoms with van der Waals surface area (Å²) in [7, 11) is 1.84. The molecular weight excluding hydrogens is 290 g/mol. The molecule has 5 nitrogen and oxygen atoms in total. The summed E-state index contributed by atoms with van der Waals surface area (Å²) in [5, 5.41) is 0. The van der Waals surface area contributed by atoms with E-state index < -0.39 is 0 Å². The van der Waals surface area contributed by atoms with Crippen molar-refractivity contribution in [2.45, 2.75) is 44.6 Å². The quantitative estimate of drug-likeness (QED) is 0.833. The molecule has 1 saturated carbocycles. The van der Waals surface area contributed by atoms with Crippen molar-refractivity contribution < 1.29 is 9.59 Å². The van der Waals surface area contributed by atoms with Gasteiger partial charge in [0.1, 0.15) is 0 Å². The smallest absolute Gasteiger partial charge is 0.226 e. The van der Waals surface area contributed by atoms with Gasteiger partial charge in [0.25, 0.3) is 0 Å². The largest absolute Gasteiger partial charge is 0.345 e. The van der Waals surface area contributed by atoms with Crippen molar-refractivity contribution in [2.24, 2.45) is 5.92 Å². The summed E-state index contributed by atoms with van der Waals surface area (Å²) < 4.78 is 0. The number of carbonyl (C=O) groups is 2. The molecule has 0 spiro atoms. The second-order valence-corrected chi connectivity index (χ2v) is 6.86. The van der Waals surface area contributed by atoms with Crippen molar-refractivity contribution in [1.29, 1.82) is 0 Å². The molecule has 2 aliphatic rings. The maximum atomic E-state index is 12.3. The summed E-state index contributed by atoms with van der Waals surface area (Å²) in [5.41, 5.74) is 0.979. The van der Waals surface area contributed by atoms with Crippen LogP contribution in [0.3, 0.4) is 0 Å². The van der Waals surface area contributed by atoms with Crippen LogP contribution < -0.4 is 0 Å². The molecule has 1 aromatic heterocycles. The van der Waals surface area contributed by atoms with Crippen molar-refractivity contribution in [3.8, 4) is 0 Å². The molecule has 2 fully saturated rings. The van der Waals surface area contributed by atoms with Crippen LogP contribution in [0.15, 0.2) is 24.5 Å². The summed E-state index contributed by atoms with van der Waals surface area (Å²) in [6.07, 6.45) is 9.17. The second kappa shape index (κ2) is 7.11. The van der Waals surface area contributed by atoms with Crippen LogP contribution in [0.25, 0.3) is 0 Å². The van der Waals surface area contributed by atoms with Crippen molar-refractivity contribution in [1.82, 2.24) is 14.8 Å². The van der Waals surface area contributed by atoms with Gasteiger partial charge in [-0.3, -0.25) is 14.6 Å². The van der Waals surface area contributed by atoms with Crippen LogP contribution in [0.1, 0.15) is 37.7 Å². The normalized spacial score (nSPS) is 21.9. The lowest BCUT2D eigenvalue weighted by molar-refractivity contribution is -0.130. The Bertz CT molecular complexity index is 555. The highest BCUT2D eigenvalue weighted by Crippen LogP contribution is 2.29. The monoisotopic (exact) mass is 315 g/mol. The van der Waals surface area contributed by atoms with Crippen molar-refractivity contribution >= 4 is 11.8 Å². The van der Waals surface area contributed by atoms with Crippen LogP contribution in [0.2, 0.25) is 0 Å². The number of nitrogens with zero attached hydrogens (tertiary/aromatic N) is 3. The predicted molar refractivity (Wildman–Crippen MR) is 87.7 cm³/mol. The number of hydrogen-bond donors (Lipinski definition) is 0. The SMILES string of the molecule is CN(C[C@H]1CC(=O)N(C2CCCC2)C1)C(=O)Cc1ccncc1. The molecule has 1 aliphatic heterocycles. The Labute approximate surface area is 137 Å². The highest BCUT2D eigenvalue weighted by atomic mass is 16.2. The van der Waals surface area contributed by atoms with Gasteiger partial charge in [-0.2, -0.15) is 0 Å². The Morgan fingerprint density at radius 2 is 2.00 bits per heavy atom. The third-order valence-electron chi connectivity index (χ3n) is 5.07. The zero-order valence-electron chi connectivity index (χ0n) is 13.8. The summed E-state index contributed by atoms with van der Waals surface area (Å²) in [4.78, 5) is 32.4. The first-order valence-electron chi connectivity index (χ1n) is 8.56. The average Bonchev–Trinajstić information content (AvgIpc) is 3.17.